The van der Waals surface area contributed by atoms with Gasteiger partial charge in [0.25, 0.3) is 0 Å². The van der Waals surface area contributed by atoms with E-state index in [1.807, 2.05) is 30.3 Å². The molecule has 0 saturated carbocycles. The molecule has 0 amide bonds. The third-order valence-corrected chi connectivity index (χ3v) is 3.00. The summed E-state index contributed by atoms with van der Waals surface area (Å²) in [5, 5.41) is 1.70. The average molecular weight is 240 g/mol. The lowest BCUT2D eigenvalue weighted by Crippen LogP contribution is -1.89. The molecule has 0 aliphatic carbocycles. The van der Waals surface area contributed by atoms with Gasteiger partial charge in [0.2, 0.25) is 0 Å². The van der Waals surface area contributed by atoms with E-state index in [2.05, 4.69) is 19.9 Å². The molecule has 5 heteroatoms. The summed E-state index contributed by atoms with van der Waals surface area (Å²) >= 11 is 1.48. The van der Waals surface area contributed by atoms with Crippen LogP contribution in [-0.4, -0.2) is 19.9 Å². The van der Waals surface area contributed by atoms with Crippen molar-refractivity contribution in [3.63, 3.8) is 0 Å². The van der Waals surface area contributed by atoms with E-state index in [1.165, 1.54) is 11.8 Å². The van der Waals surface area contributed by atoms with Gasteiger partial charge in [0.05, 0.1) is 6.20 Å². The van der Waals surface area contributed by atoms with E-state index in [4.69, 9.17) is 0 Å². The summed E-state index contributed by atoms with van der Waals surface area (Å²) in [5.41, 5.74) is 1.46. The van der Waals surface area contributed by atoms with Crippen molar-refractivity contribution in [3.05, 3.63) is 48.9 Å². The minimum absolute atomic E-state index is 0.661. The second-order valence-corrected chi connectivity index (χ2v) is 4.37. The highest BCUT2D eigenvalue weighted by molar-refractivity contribution is 7.99. The van der Waals surface area contributed by atoms with Crippen molar-refractivity contribution < 1.29 is 0 Å². The highest BCUT2D eigenvalue weighted by atomic mass is 32.2. The molecule has 0 spiro atoms. The van der Waals surface area contributed by atoms with E-state index in [0.29, 0.717) is 5.65 Å². The summed E-state index contributed by atoms with van der Waals surface area (Å²) < 4.78 is 0. The first-order chi connectivity index (χ1) is 8.42. The van der Waals surface area contributed by atoms with Gasteiger partial charge in [0.15, 0.2) is 5.65 Å². The lowest BCUT2D eigenvalue weighted by molar-refractivity contribution is 1.07. The van der Waals surface area contributed by atoms with Crippen LogP contribution in [0, 0.1) is 0 Å². The van der Waals surface area contributed by atoms with Crippen LogP contribution in [-0.2, 0) is 0 Å². The fourth-order valence-corrected chi connectivity index (χ4v) is 2.11. The van der Waals surface area contributed by atoms with Crippen molar-refractivity contribution in [3.8, 4) is 0 Å². The molecule has 0 fully saturated rings. The molecule has 82 valence electrons. The highest BCUT2D eigenvalue weighted by Crippen LogP contribution is 2.23. The first-order valence-electron chi connectivity index (χ1n) is 5.08. The quantitative estimate of drug-likeness (QED) is 0.689. The normalized spacial score (nSPS) is 10.6. The largest absolute Gasteiger partial charge is 0.250 e. The van der Waals surface area contributed by atoms with Crippen LogP contribution in [0.15, 0.2) is 59.0 Å². The molecular formula is C12H8N4S. The molecule has 3 rings (SSSR count). The molecule has 3 aromatic rings. The maximum absolute atomic E-state index is 4.42. The van der Waals surface area contributed by atoms with E-state index >= 15 is 0 Å². The standard InChI is InChI=1S/C12H8N4S/c1-2-6-13-10(5-1)17-11-8-15-9-4-3-7-14-12(9)16-11/h1-8H. The van der Waals surface area contributed by atoms with E-state index < -0.39 is 0 Å². The van der Waals surface area contributed by atoms with Crippen molar-refractivity contribution in [1.29, 1.82) is 0 Å². The predicted octanol–water partition coefficient (Wildman–Crippen LogP) is 2.57. The summed E-state index contributed by atoms with van der Waals surface area (Å²) in [6.45, 7) is 0. The molecule has 17 heavy (non-hydrogen) atoms. The minimum Gasteiger partial charge on any atom is -0.250 e. The van der Waals surface area contributed by atoms with Gasteiger partial charge in [-0.2, -0.15) is 0 Å². The lowest BCUT2D eigenvalue weighted by atomic mass is 10.4. The second-order valence-electron chi connectivity index (χ2n) is 3.32. The summed E-state index contributed by atoms with van der Waals surface area (Å²) in [4.78, 5) is 17.1. The molecule has 0 radical (unpaired) electrons. The Morgan fingerprint density at radius 1 is 0.824 bits per heavy atom. The minimum atomic E-state index is 0.661. The second kappa shape index (κ2) is 4.47. The van der Waals surface area contributed by atoms with Crippen LogP contribution in [0.5, 0.6) is 0 Å². The zero-order chi connectivity index (χ0) is 11.5. The Labute approximate surface area is 102 Å². The smallest absolute Gasteiger partial charge is 0.179 e. The topological polar surface area (TPSA) is 51.6 Å². The van der Waals surface area contributed by atoms with Crippen molar-refractivity contribution in [2.45, 2.75) is 10.1 Å². The zero-order valence-corrected chi connectivity index (χ0v) is 9.63. The third-order valence-electron chi connectivity index (χ3n) is 2.14. The molecular weight excluding hydrogens is 232 g/mol. The molecule has 0 N–H and O–H groups in total. The number of fused-ring (bicyclic) bond motifs is 1. The molecule has 3 heterocycles. The zero-order valence-electron chi connectivity index (χ0n) is 8.82. The van der Waals surface area contributed by atoms with Crippen LogP contribution in [0.1, 0.15) is 0 Å². The summed E-state index contributed by atoms with van der Waals surface area (Å²) in [6.07, 6.45) is 5.21. The van der Waals surface area contributed by atoms with E-state index in [9.17, 15) is 0 Å². The molecule has 0 unspecified atom stereocenters. The van der Waals surface area contributed by atoms with Crippen molar-refractivity contribution >= 4 is 22.9 Å². The van der Waals surface area contributed by atoms with Gasteiger partial charge in [-0.1, -0.05) is 6.07 Å². The number of rotatable bonds is 2. The number of hydrogen-bond acceptors (Lipinski definition) is 5. The first kappa shape index (κ1) is 10.2. The van der Waals surface area contributed by atoms with Crippen molar-refractivity contribution in [2.24, 2.45) is 0 Å². The van der Waals surface area contributed by atoms with Crippen LogP contribution in [0.25, 0.3) is 11.2 Å². The Morgan fingerprint density at radius 2 is 1.76 bits per heavy atom. The Balaban J connectivity index is 1.96. The molecule has 0 atom stereocenters. The van der Waals surface area contributed by atoms with Crippen molar-refractivity contribution in [2.75, 3.05) is 0 Å². The van der Waals surface area contributed by atoms with Gasteiger partial charge in [-0.15, -0.1) is 0 Å². The van der Waals surface area contributed by atoms with E-state index in [-0.39, 0.29) is 0 Å². The molecule has 4 nitrogen and oxygen atoms in total. The number of aromatic nitrogens is 4. The Morgan fingerprint density at radius 3 is 2.65 bits per heavy atom. The maximum Gasteiger partial charge on any atom is 0.179 e. The molecule has 0 bridgehead atoms. The van der Waals surface area contributed by atoms with Gasteiger partial charge in [-0.05, 0) is 36.0 Å². The van der Waals surface area contributed by atoms with Gasteiger partial charge < -0.3 is 0 Å². The molecule has 0 aliphatic heterocycles. The van der Waals surface area contributed by atoms with Crippen molar-refractivity contribution in [1.82, 2.24) is 19.9 Å². The van der Waals surface area contributed by atoms with Crippen LogP contribution in [0.4, 0.5) is 0 Å². The van der Waals surface area contributed by atoms with Crippen LogP contribution in [0.3, 0.4) is 0 Å². The van der Waals surface area contributed by atoms with Crippen LogP contribution in [0.2, 0.25) is 0 Å². The van der Waals surface area contributed by atoms with Gasteiger partial charge in [-0.25, -0.2) is 15.0 Å². The van der Waals surface area contributed by atoms with E-state index in [1.54, 1.807) is 18.6 Å². The third kappa shape index (κ3) is 2.24. The number of hydrogen-bond donors (Lipinski definition) is 0. The maximum atomic E-state index is 4.42. The summed E-state index contributed by atoms with van der Waals surface area (Å²) in [7, 11) is 0. The fraction of sp³-hybridized carbons (Fsp3) is 0. The first-order valence-corrected chi connectivity index (χ1v) is 5.90. The number of nitrogens with zero attached hydrogens (tertiary/aromatic N) is 4. The molecule has 0 saturated heterocycles. The summed E-state index contributed by atoms with van der Waals surface area (Å²) in [5.74, 6) is 0. The highest BCUT2D eigenvalue weighted by Gasteiger charge is 2.02. The Kier molecular flexibility index (Phi) is 2.67. The summed E-state index contributed by atoms with van der Waals surface area (Å²) in [6, 6.07) is 9.52. The SMILES string of the molecule is c1ccc(Sc2cnc3cccnc3n2)nc1. The molecule has 3 aromatic heterocycles. The van der Waals surface area contributed by atoms with Gasteiger partial charge in [0.1, 0.15) is 15.6 Å². The number of pyridine rings is 2. The molecule has 0 aromatic carbocycles. The molecule has 0 aliphatic rings. The average Bonchev–Trinajstić information content (AvgIpc) is 2.40. The monoisotopic (exact) mass is 240 g/mol. The van der Waals surface area contributed by atoms with Gasteiger partial charge in [0, 0.05) is 12.4 Å². The van der Waals surface area contributed by atoms with Crippen LogP contribution >= 0.6 is 11.8 Å². The van der Waals surface area contributed by atoms with Gasteiger partial charge >= 0.3 is 0 Å². The lowest BCUT2D eigenvalue weighted by Gasteiger charge is -2.00. The predicted molar refractivity (Wildman–Crippen MR) is 65.7 cm³/mol. The van der Waals surface area contributed by atoms with Crippen LogP contribution < -0.4 is 0 Å². The fourth-order valence-electron chi connectivity index (χ4n) is 1.40. The Bertz CT molecular complexity index is 642. The van der Waals surface area contributed by atoms with Gasteiger partial charge in [-0.3, -0.25) is 4.98 Å². The Hall–Kier alpha value is -2.01. The van der Waals surface area contributed by atoms with E-state index in [0.717, 1.165) is 15.6 Å².